The Balaban J connectivity index is -0.00000000286. The second kappa shape index (κ2) is 37.2. The second-order valence-corrected chi connectivity index (χ2v) is 1.34. The summed E-state index contributed by atoms with van der Waals surface area (Å²) in [5, 5.41) is 0. The first-order valence-corrected chi connectivity index (χ1v) is 2.10. The molecule has 13 heavy (non-hydrogen) atoms. The number of hydrogen-bond donors (Lipinski definition) is 2. The fourth-order valence-corrected chi connectivity index (χ4v) is 0. The Labute approximate surface area is 128 Å². The molecule has 0 aromatic rings. The van der Waals surface area contributed by atoms with Crippen LogP contribution in [0.3, 0.4) is 0 Å². The SMILES string of the molecule is O.O.O.O.O.O.O=S(=O)(O)O.[Al].[K]. The average molecular weight is 272 g/mol. The van der Waals surface area contributed by atoms with Gasteiger partial charge in [0, 0.05) is 68.7 Å². The minimum atomic E-state index is -4.67. The molecule has 4 radical (unpaired) electrons. The first-order valence-electron chi connectivity index (χ1n) is 0.698. The van der Waals surface area contributed by atoms with Gasteiger partial charge in [-0.15, -0.1) is 0 Å². The van der Waals surface area contributed by atoms with Crippen molar-refractivity contribution < 1.29 is 50.4 Å². The van der Waals surface area contributed by atoms with Gasteiger partial charge in [-0.05, 0) is 0 Å². The van der Waals surface area contributed by atoms with Gasteiger partial charge in [-0.2, -0.15) is 8.42 Å². The summed E-state index contributed by atoms with van der Waals surface area (Å²) >= 11 is 0. The van der Waals surface area contributed by atoms with Gasteiger partial charge in [0.25, 0.3) is 0 Å². The Bertz CT molecular complexity index is 98.1. The molecule has 14 N–H and O–H groups in total. The summed E-state index contributed by atoms with van der Waals surface area (Å²) in [4.78, 5) is 0. The Morgan fingerprint density at radius 1 is 0.692 bits per heavy atom. The Morgan fingerprint density at radius 3 is 0.692 bits per heavy atom. The normalized spacial score (nSPS) is 4.46. The van der Waals surface area contributed by atoms with Crippen LogP contribution in [0.1, 0.15) is 0 Å². The van der Waals surface area contributed by atoms with Gasteiger partial charge in [-0.3, -0.25) is 9.11 Å². The maximum Gasteiger partial charge on any atom is 0.394 e. The minimum Gasteiger partial charge on any atom is -0.412 e. The Hall–Kier alpha value is 1.80. The van der Waals surface area contributed by atoms with Gasteiger partial charge in [0.1, 0.15) is 0 Å². The third-order valence-electron chi connectivity index (χ3n) is 0. The van der Waals surface area contributed by atoms with Gasteiger partial charge in [0.2, 0.25) is 0 Å². The second-order valence-electron chi connectivity index (χ2n) is 0.448. The standard InChI is InChI=1S/Al.K.H2O4S.6H2O/c;;1-5(2,3)4;;;;;;/h;;(H2,1,2,3,4);6*1H2. The van der Waals surface area contributed by atoms with Crippen LogP contribution in [0.4, 0.5) is 0 Å². The number of hydrogen-bond acceptors (Lipinski definition) is 2. The maximum absolute atomic E-state index is 8.74. The van der Waals surface area contributed by atoms with E-state index < -0.39 is 10.4 Å². The van der Waals surface area contributed by atoms with Crippen molar-refractivity contribution in [3.63, 3.8) is 0 Å². The first kappa shape index (κ1) is 83.8. The third kappa shape index (κ3) is 594. The van der Waals surface area contributed by atoms with Crippen LogP contribution in [0, 0.1) is 0 Å². The van der Waals surface area contributed by atoms with E-state index in [4.69, 9.17) is 17.5 Å². The number of rotatable bonds is 0. The summed E-state index contributed by atoms with van der Waals surface area (Å²) in [6.45, 7) is 0. The average Bonchev–Trinajstić information content (AvgIpc) is 0.722. The van der Waals surface area contributed by atoms with Crippen molar-refractivity contribution >= 4 is 79.1 Å². The van der Waals surface area contributed by atoms with Gasteiger partial charge in [0.15, 0.2) is 0 Å². The smallest absolute Gasteiger partial charge is 0.394 e. The molecule has 0 fully saturated rings. The zero-order valence-corrected chi connectivity index (χ0v) is 11.8. The molecule has 0 heterocycles. The summed E-state index contributed by atoms with van der Waals surface area (Å²) in [6.07, 6.45) is 0. The molecule has 0 aromatic carbocycles. The van der Waals surface area contributed by atoms with Crippen molar-refractivity contribution in [2.75, 3.05) is 0 Å². The van der Waals surface area contributed by atoms with E-state index in [1.54, 1.807) is 0 Å². The van der Waals surface area contributed by atoms with Crippen molar-refractivity contribution in [2.24, 2.45) is 0 Å². The largest absolute Gasteiger partial charge is 0.412 e. The molecule has 0 aliphatic carbocycles. The fraction of sp³-hybridized carbons (Fsp3) is 0. The van der Waals surface area contributed by atoms with Crippen molar-refractivity contribution in [1.29, 1.82) is 0 Å². The van der Waals surface area contributed by atoms with Crippen LogP contribution in [-0.2, 0) is 10.4 Å². The van der Waals surface area contributed by atoms with E-state index in [9.17, 15) is 0 Å². The Morgan fingerprint density at radius 2 is 0.692 bits per heavy atom. The first-order chi connectivity index (χ1) is 2.00. The van der Waals surface area contributed by atoms with E-state index in [1.165, 1.54) is 0 Å². The summed E-state index contributed by atoms with van der Waals surface area (Å²) in [6, 6.07) is 0. The molecule has 10 nitrogen and oxygen atoms in total. The summed E-state index contributed by atoms with van der Waals surface area (Å²) in [7, 11) is -4.67. The van der Waals surface area contributed by atoms with E-state index in [-0.39, 0.29) is 102 Å². The summed E-state index contributed by atoms with van der Waals surface area (Å²) in [5.74, 6) is 0. The van der Waals surface area contributed by atoms with Crippen LogP contribution < -0.4 is 0 Å². The van der Waals surface area contributed by atoms with E-state index in [0.29, 0.717) is 0 Å². The van der Waals surface area contributed by atoms with Crippen LogP contribution in [0.25, 0.3) is 0 Å². The molecule has 0 atom stereocenters. The van der Waals surface area contributed by atoms with Gasteiger partial charge >= 0.3 is 10.4 Å². The van der Waals surface area contributed by atoms with E-state index in [1.807, 2.05) is 0 Å². The molecule has 13 heteroatoms. The van der Waals surface area contributed by atoms with Crippen LogP contribution in [0.15, 0.2) is 0 Å². The third-order valence-corrected chi connectivity index (χ3v) is 0. The van der Waals surface area contributed by atoms with Crippen LogP contribution >= 0.6 is 0 Å². The molecule has 84 valence electrons. The topological polar surface area (TPSA) is 264 Å². The van der Waals surface area contributed by atoms with Gasteiger partial charge in [-0.1, -0.05) is 0 Å². The van der Waals surface area contributed by atoms with Crippen molar-refractivity contribution in [3.8, 4) is 0 Å². The van der Waals surface area contributed by atoms with Crippen LogP contribution in [0.2, 0.25) is 0 Å². The molecule has 0 aliphatic heterocycles. The molecule has 0 unspecified atom stereocenters. The maximum atomic E-state index is 8.74. The summed E-state index contributed by atoms with van der Waals surface area (Å²) in [5.41, 5.74) is 0. The zero-order valence-electron chi connectivity index (χ0n) is 6.70. The summed E-state index contributed by atoms with van der Waals surface area (Å²) < 4.78 is 31.6. The van der Waals surface area contributed by atoms with Gasteiger partial charge in [-0.25, -0.2) is 0 Å². The predicted octanol–water partition coefficient (Wildman–Crippen LogP) is -6.36. The molecule has 0 saturated heterocycles. The molecule has 0 spiro atoms. The minimum absolute atomic E-state index is 0. The molecule has 0 amide bonds. The van der Waals surface area contributed by atoms with Crippen LogP contribution in [0.5, 0.6) is 0 Å². The quantitative estimate of drug-likeness (QED) is 0.321. The van der Waals surface area contributed by atoms with Crippen molar-refractivity contribution in [3.05, 3.63) is 0 Å². The van der Waals surface area contributed by atoms with Crippen molar-refractivity contribution in [1.82, 2.24) is 0 Å². The van der Waals surface area contributed by atoms with Crippen molar-refractivity contribution in [2.45, 2.75) is 0 Å². The van der Waals surface area contributed by atoms with Gasteiger partial charge < -0.3 is 32.9 Å². The molecular weight excluding hydrogens is 258 g/mol. The molecule has 0 aliphatic rings. The molecular formula is H14AlKO10S. The fourth-order valence-electron chi connectivity index (χ4n) is 0. The molecule has 0 saturated carbocycles. The van der Waals surface area contributed by atoms with E-state index in [0.717, 1.165) is 0 Å². The van der Waals surface area contributed by atoms with Gasteiger partial charge in [0.05, 0.1) is 0 Å². The Kier molecular flexibility index (Phi) is 240. The van der Waals surface area contributed by atoms with Crippen LogP contribution in [-0.4, -0.2) is 119 Å². The monoisotopic (exact) mass is 272 g/mol. The predicted molar refractivity (Wildman–Crippen MR) is 47.4 cm³/mol. The van der Waals surface area contributed by atoms with E-state index >= 15 is 0 Å². The molecule has 0 aromatic heterocycles. The molecule has 0 rings (SSSR count). The van der Waals surface area contributed by atoms with E-state index in [2.05, 4.69) is 0 Å². The molecule has 0 bridgehead atoms. The zero-order chi connectivity index (χ0) is 4.50.